The molecule has 24 bridgehead atoms. The van der Waals surface area contributed by atoms with Crippen molar-refractivity contribution in [3.8, 4) is 45.3 Å². The summed E-state index contributed by atoms with van der Waals surface area (Å²) < 4.78 is 37.7. The molecular weight excluding hydrogens is 1130 g/mol. The Bertz CT molecular complexity index is 3780. The summed E-state index contributed by atoms with van der Waals surface area (Å²) in [6.07, 6.45) is 41.8. The summed E-state index contributed by atoms with van der Waals surface area (Å²) in [4.78, 5) is 0. The molecule has 2 saturated carbocycles. The highest BCUT2D eigenvalue weighted by Crippen LogP contribution is 2.58. The van der Waals surface area contributed by atoms with E-state index in [4.69, 9.17) is 18.9 Å². The summed E-state index contributed by atoms with van der Waals surface area (Å²) >= 11 is 0. The van der Waals surface area contributed by atoms with Crippen LogP contribution in [-0.4, -0.2) is 27.4 Å². The van der Waals surface area contributed by atoms with Crippen molar-refractivity contribution >= 4 is 0 Å². The molecule has 470 valence electrons. The molecular formula is C84H94N4O4+4. The van der Waals surface area contributed by atoms with E-state index in [9.17, 15) is 0 Å². The number of aryl methyl sites for hydroxylation is 6. The third-order valence-corrected chi connectivity index (χ3v) is 21.8. The number of benzene rings is 5. The van der Waals surface area contributed by atoms with Crippen molar-refractivity contribution in [1.82, 2.24) is 0 Å². The van der Waals surface area contributed by atoms with Gasteiger partial charge in [-0.2, -0.15) is 0 Å². The molecule has 9 aromatic rings. The topological polar surface area (TPSA) is 52.4 Å². The van der Waals surface area contributed by atoms with Gasteiger partial charge in [-0.05, 0) is 215 Å². The molecule has 0 saturated heterocycles. The van der Waals surface area contributed by atoms with Crippen molar-refractivity contribution in [2.75, 3.05) is 27.4 Å². The Morgan fingerprint density at radius 1 is 0.315 bits per heavy atom. The molecule has 8 heteroatoms. The molecule has 0 amide bonds. The summed E-state index contributed by atoms with van der Waals surface area (Å²) in [6.45, 7) is 5.01. The van der Waals surface area contributed by atoms with Gasteiger partial charge in [0.05, 0.1) is 27.4 Å². The third kappa shape index (κ3) is 13.1. The first kappa shape index (κ1) is 60.2. The molecule has 5 aliphatic carbocycles. The maximum Gasteiger partial charge on any atom is 0.173 e. The van der Waals surface area contributed by atoms with Gasteiger partial charge in [-0.1, -0.05) is 85.6 Å². The highest BCUT2D eigenvalue weighted by molar-refractivity contribution is 5.63. The molecule has 2 fully saturated rings. The average molecular weight is 1220 g/mol. The maximum atomic E-state index is 7.42. The number of methoxy groups -OCH3 is 2. The zero-order valence-corrected chi connectivity index (χ0v) is 54.7. The standard InChI is InChI=1S/C84H94N4O4/c1-89-81-69-47-61-15-7-3-9-18-64-50-72-56-70-48-62-16-8-4-10-17-63-49-71(55-69)83(80(54-63)76-26-24-74(76)78(52-62)82(70)90-2)91-45-13-5-11-35-85-37-27-65(28-38-85)67-31-41-87(42-32-67)57-59-19-21-60(22-20-59)58-88-43-33-68(34-44-88)66-29-39-86(40-30-66)36-12-6-14-46-92-84(72)79(53-64)75-25-23-73(75)77(81)51-61/h19-22,27-34,37-44,47-54,73-76H,3-18,23-26,35-36,45-46,55-58H2,1-2H3/q+4. The Labute approximate surface area is 546 Å². The number of rotatable bonds is 2. The van der Waals surface area contributed by atoms with Gasteiger partial charge in [-0.25, -0.2) is 18.3 Å². The van der Waals surface area contributed by atoms with E-state index in [1.807, 2.05) is 14.2 Å². The van der Waals surface area contributed by atoms with Crippen molar-refractivity contribution in [3.63, 3.8) is 0 Å². The number of aromatic nitrogens is 4. The summed E-state index contributed by atoms with van der Waals surface area (Å²) in [6, 6.07) is 47.7. The van der Waals surface area contributed by atoms with E-state index in [-0.39, 0.29) is 0 Å². The van der Waals surface area contributed by atoms with E-state index < -0.39 is 0 Å². The summed E-state index contributed by atoms with van der Waals surface area (Å²) in [7, 11) is 3.88. The smallest absolute Gasteiger partial charge is 0.173 e. The minimum atomic E-state index is 0.325. The van der Waals surface area contributed by atoms with Crippen molar-refractivity contribution in [2.24, 2.45) is 0 Å². The zero-order valence-electron chi connectivity index (χ0n) is 54.7. The van der Waals surface area contributed by atoms with Gasteiger partial charge in [0.15, 0.2) is 62.7 Å². The minimum absolute atomic E-state index is 0.325. The fourth-order valence-corrected chi connectivity index (χ4v) is 16.5. The molecule has 15 aliphatic rings. The van der Waals surface area contributed by atoms with Crippen molar-refractivity contribution in [2.45, 2.75) is 191 Å². The van der Waals surface area contributed by atoms with Crippen molar-refractivity contribution in [3.05, 3.63) is 249 Å². The number of hydrogen-bond donors (Lipinski definition) is 0. The van der Waals surface area contributed by atoms with E-state index >= 15 is 0 Å². The Morgan fingerprint density at radius 2 is 0.630 bits per heavy atom. The van der Waals surface area contributed by atoms with Crippen LogP contribution in [0.3, 0.4) is 0 Å². The predicted molar refractivity (Wildman–Crippen MR) is 364 cm³/mol. The lowest BCUT2D eigenvalue weighted by Crippen LogP contribution is -2.34. The lowest BCUT2D eigenvalue weighted by molar-refractivity contribution is -0.697. The molecule has 5 aromatic carbocycles. The second-order valence-corrected chi connectivity index (χ2v) is 28.0. The first-order valence-corrected chi connectivity index (χ1v) is 35.4. The quantitative estimate of drug-likeness (QED) is 0.162. The SMILES string of the molecule is COc1c2cc3cc1C1CCC1c1cc(cc4c1OCCCCC[n+]1ccc(cc1)-c1cc[n+](cc1)Cc1ccc(cc1)C[n+]1ccc(cc1)-c1cc[n+](cc1)CCCCCOc1c(cc5cc1C1CCC1c1cc(cc(c1OC)C4)CCCCC5)C2)CCCCC3. The van der Waals surface area contributed by atoms with Crippen molar-refractivity contribution in [1.29, 1.82) is 0 Å². The zero-order chi connectivity index (χ0) is 61.7. The molecule has 92 heavy (non-hydrogen) atoms. The van der Waals surface area contributed by atoms with Gasteiger partial charge in [0.1, 0.15) is 36.1 Å². The molecule has 4 atom stereocenters. The summed E-state index contributed by atoms with van der Waals surface area (Å²) in [5, 5.41) is 0. The molecule has 0 radical (unpaired) electrons. The number of nitrogens with zero attached hydrogens (tertiary/aromatic N) is 4. The van der Waals surface area contributed by atoms with Gasteiger partial charge >= 0.3 is 0 Å². The van der Waals surface area contributed by atoms with Crippen molar-refractivity contribution < 1.29 is 37.2 Å². The van der Waals surface area contributed by atoms with E-state index in [1.165, 1.54) is 139 Å². The third-order valence-electron chi connectivity index (χ3n) is 21.8. The fraction of sp³-hybridized carbons (Fsp3) is 0.405. The second-order valence-electron chi connectivity index (χ2n) is 28.0. The highest BCUT2D eigenvalue weighted by atomic mass is 16.5. The van der Waals surface area contributed by atoms with E-state index in [2.05, 4.69) is 189 Å². The highest BCUT2D eigenvalue weighted by Gasteiger charge is 2.41. The number of pyridine rings is 4. The maximum absolute atomic E-state index is 7.42. The van der Waals surface area contributed by atoms with E-state index in [0.29, 0.717) is 36.9 Å². The van der Waals surface area contributed by atoms with Crippen LogP contribution in [0.25, 0.3) is 22.3 Å². The largest absolute Gasteiger partial charge is 0.496 e. The Morgan fingerprint density at radius 3 is 0.978 bits per heavy atom. The molecule has 14 heterocycles. The molecule has 8 nitrogen and oxygen atoms in total. The van der Waals surface area contributed by atoms with Crippen LogP contribution in [0.4, 0.5) is 0 Å². The minimum Gasteiger partial charge on any atom is -0.496 e. The van der Waals surface area contributed by atoms with E-state index in [1.54, 1.807) is 0 Å². The lowest BCUT2D eigenvalue weighted by Gasteiger charge is -2.41. The molecule has 0 N–H and O–H groups in total. The Balaban J connectivity index is 0.794. The summed E-state index contributed by atoms with van der Waals surface area (Å²) in [5.41, 5.74) is 24.2. The van der Waals surface area contributed by atoms with Crippen LogP contribution in [0.1, 0.15) is 204 Å². The molecule has 0 spiro atoms. The first-order chi connectivity index (χ1) is 45.4. The second kappa shape index (κ2) is 27.6. The van der Waals surface area contributed by atoms with Crippen LogP contribution in [-0.2, 0) is 64.7 Å². The first-order valence-electron chi connectivity index (χ1n) is 35.4. The molecule has 10 aliphatic heterocycles. The Kier molecular flexibility index (Phi) is 18.1. The summed E-state index contributed by atoms with van der Waals surface area (Å²) in [5.74, 6) is 5.73. The van der Waals surface area contributed by atoms with Crippen LogP contribution < -0.4 is 37.2 Å². The number of hydrogen-bond acceptors (Lipinski definition) is 4. The monoisotopic (exact) mass is 1220 g/mol. The molecule has 4 aromatic heterocycles. The van der Waals surface area contributed by atoms with Crippen LogP contribution in [0.2, 0.25) is 0 Å². The van der Waals surface area contributed by atoms with Gasteiger partial charge in [-0.3, -0.25) is 0 Å². The van der Waals surface area contributed by atoms with Crippen LogP contribution in [0, 0.1) is 0 Å². The fourth-order valence-electron chi connectivity index (χ4n) is 16.5. The van der Waals surface area contributed by atoms with Crippen LogP contribution >= 0.6 is 0 Å². The average Bonchev–Trinajstić information content (AvgIpc) is 0.870. The van der Waals surface area contributed by atoms with Crippen LogP contribution in [0.5, 0.6) is 23.0 Å². The van der Waals surface area contributed by atoms with Gasteiger partial charge < -0.3 is 18.9 Å². The van der Waals surface area contributed by atoms with Crippen LogP contribution in [0.15, 0.2) is 171 Å². The van der Waals surface area contributed by atoms with Gasteiger partial charge in [0.2, 0.25) is 0 Å². The van der Waals surface area contributed by atoms with Gasteiger partial charge in [-0.15, -0.1) is 0 Å². The lowest BCUT2D eigenvalue weighted by atomic mass is 9.64. The van der Waals surface area contributed by atoms with Gasteiger partial charge in [0, 0.05) is 85.3 Å². The van der Waals surface area contributed by atoms with E-state index in [0.717, 1.165) is 152 Å². The Hall–Kier alpha value is -8.10. The number of fused-ring (bicyclic) bond motifs is 6. The molecule has 24 rings (SSSR count). The number of ether oxygens (including phenoxy) is 4. The normalized spacial score (nSPS) is 20.1. The predicted octanol–water partition coefficient (Wildman–Crippen LogP) is 16.5. The molecule has 4 unspecified atom stereocenters. The van der Waals surface area contributed by atoms with Gasteiger partial charge in [0.25, 0.3) is 0 Å².